The highest BCUT2D eigenvalue weighted by Crippen LogP contribution is 2.29. The lowest BCUT2D eigenvalue weighted by Crippen LogP contribution is -2.40. The van der Waals surface area contributed by atoms with Crippen LogP contribution in [0.2, 0.25) is 0 Å². The van der Waals surface area contributed by atoms with Crippen LogP contribution >= 0.6 is 0 Å². The average Bonchev–Trinajstić information content (AvgIpc) is 3.20. The van der Waals surface area contributed by atoms with E-state index in [4.69, 9.17) is 4.42 Å². The number of furan rings is 1. The zero-order valence-electron chi connectivity index (χ0n) is 11.7. The minimum Gasteiger partial charge on any atom is -0.464 e. The van der Waals surface area contributed by atoms with Crippen LogP contribution in [0.1, 0.15) is 25.7 Å². The molecule has 106 valence electrons. The zero-order valence-corrected chi connectivity index (χ0v) is 11.7. The molecule has 1 unspecified atom stereocenters. The van der Waals surface area contributed by atoms with E-state index in [0.717, 1.165) is 48.4 Å². The van der Waals surface area contributed by atoms with Crippen molar-refractivity contribution in [2.24, 2.45) is 5.92 Å². The number of hydrogen-bond acceptors (Lipinski definition) is 4. The molecule has 0 amide bonds. The zero-order chi connectivity index (χ0) is 13.4. The summed E-state index contributed by atoms with van der Waals surface area (Å²) in [6, 6.07) is 4.78. The Hall–Kier alpha value is -1.55. The van der Waals surface area contributed by atoms with Gasteiger partial charge in [0.15, 0.2) is 0 Å². The first-order valence-electron chi connectivity index (χ1n) is 7.71. The van der Waals surface area contributed by atoms with Crippen molar-refractivity contribution in [3.05, 3.63) is 24.6 Å². The fraction of sp³-hybridized carbons (Fsp3) is 0.562. The summed E-state index contributed by atoms with van der Waals surface area (Å²) in [5, 5.41) is 4.81. The van der Waals surface area contributed by atoms with Crippen LogP contribution < -0.4 is 10.2 Å². The molecule has 1 N–H and O–H groups in total. The van der Waals surface area contributed by atoms with Crippen LogP contribution in [0.15, 0.2) is 29.0 Å². The Morgan fingerprint density at radius 2 is 2.25 bits per heavy atom. The Kier molecular flexibility index (Phi) is 3.11. The predicted octanol–water partition coefficient (Wildman–Crippen LogP) is 2.80. The van der Waals surface area contributed by atoms with Crippen LogP contribution in [0, 0.1) is 5.92 Å². The number of nitrogens with zero attached hydrogens (tertiary/aromatic N) is 2. The molecule has 3 heterocycles. The van der Waals surface area contributed by atoms with Crippen LogP contribution in [0.5, 0.6) is 0 Å². The Morgan fingerprint density at radius 1 is 1.30 bits per heavy atom. The molecule has 20 heavy (non-hydrogen) atoms. The number of rotatable bonds is 4. The largest absolute Gasteiger partial charge is 0.464 e. The Labute approximate surface area is 119 Å². The Morgan fingerprint density at radius 3 is 3.15 bits per heavy atom. The van der Waals surface area contributed by atoms with E-state index in [-0.39, 0.29) is 0 Å². The molecular weight excluding hydrogens is 250 g/mol. The molecule has 2 aliphatic rings. The number of piperidine rings is 1. The normalized spacial score (nSPS) is 23.4. The third-order valence-electron chi connectivity index (χ3n) is 4.45. The predicted molar refractivity (Wildman–Crippen MR) is 80.0 cm³/mol. The molecular formula is C16H21N3O. The molecule has 1 aliphatic heterocycles. The maximum atomic E-state index is 5.48. The molecule has 0 bridgehead atoms. The maximum absolute atomic E-state index is 5.48. The summed E-state index contributed by atoms with van der Waals surface area (Å²) in [6.07, 6.45) is 8.93. The van der Waals surface area contributed by atoms with E-state index < -0.39 is 0 Å². The number of anilines is 1. The van der Waals surface area contributed by atoms with Crippen LogP contribution in [0.25, 0.3) is 11.0 Å². The van der Waals surface area contributed by atoms with E-state index in [2.05, 4.69) is 15.2 Å². The van der Waals surface area contributed by atoms with Gasteiger partial charge in [0.25, 0.3) is 0 Å². The van der Waals surface area contributed by atoms with Crippen molar-refractivity contribution in [2.75, 3.05) is 24.5 Å². The van der Waals surface area contributed by atoms with Gasteiger partial charge in [-0.3, -0.25) is 0 Å². The first kappa shape index (κ1) is 12.2. The molecule has 1 atom stereocenters. The summed E-state index contributed by atoms with van der Waals surface area (Å²) in [4.78, 5) is 7.02. The van der Waals surface area contributed by atoms with Crippen LogP contribution in [0.3, 0.4) is 0 Å². The molecule has 2 aromatic rings. The molecule has 4 nitrogen and oxygen atoms in total. The summed E-state index contributed by atoms with van der Waals surface area (Å²) < 4.78 is 5.48. The Balaban J connectivity index is 1.50. The third kappa shape index (κ3) is 2.40. The fourth-order valence-electron chi connectivity index (χ4n) is 3.18. The summed E-state index contributed by atoms with van der Waals surface area (Å²) in [7, 11) is 0. The van der Waals surface area contributed by atoms with Crippen LogP contribution in [0.4, 0.5) is 5.82 Å². The van der Waals surface area contributed by atoms with E-state index in [9.17, 15) is 0 Å². The highest BCUT2D eigenvalue weighted by atomic mass is 16.3. The summed E-state index contributed by atoms with van der Waals surface area (Å²) in [5.74, 6) is 1.83. The summed E-state index contributed by atoms with van der Waals surface area (Å²) in [6.45, 7) is 3.37. The van der Waals surface area contributed by atoms with Crippen LogP contribution in [-0.2, 0) is 0 Å². The number of hydrogen-bond donors (Lipinski definition) is 1. The lowest BCUT2D eigenvalue weighted by Gasteiger charge is -2.34. The van der Waals surface area contributed by atoms with E-state index >= 15 is 0 Å². The van der Waals surface area contributed by atoms with Crippen molar-refractivity contribution in [1.82, 2.24) is 10.3 Å². The molecule has 1 aliphatic carbocycles. The lowest BCUT2D eigenvalue weighted by atomic mass is 9.97. The van der Waals surface area contributed by atoms with E-state index in [0.29, 0.717) is 0 Å². The topological polar surface area (TPSA) is 41.3 Å². The van der Waals surface area contributed by atoms with Gasteiger partial charge in [-0.1, -0.05) is 0 Å². The monoisotopic (exact) mass is 271 g/mol. The van der Waals surface area contributed by atoms with E-state index in [1.807, 2.05) is 18.3 Å². The van der Waals surface area contributed by atoms with Gasteiger partial charge in [-0.15, -0.1) is 0 Å². The molecule has 4 rings (SSSR count). The highest BCUT2D eigenvalue weighted by Gasteiger charge is 2.25. The van der Waals surface area contributed by atoms with Crippen LogP contribution in [-0.4, -0.2) is 30.7 Å². The molecule has 0 spiro atoms. The molecule has 0 radical (unpaired) electrons. The third-order valence-corrected chi connectivity index (χ3v) is 4.45. The van der Waals surface area contributed by atoms with Gasteiger partial charge in [0.2, 0.25) is 0 Å². The summed E-state index contributed by atoms with van der Waals surface area (Å²) >= 11 is 0. The van der Waals surface area contributed by atoms with Gasteiger partial charge in [-0.05, 0) is 50.3 Å². The average molecular weight is 271 g/mol. The molecule has 2 fully saturated rings. The second-order valence-corrected chi connectivity index (χ2v) is 6.10. The summed E-state index contributed by atoms with van der Waals surface area (Å²) in [5.41, 5.74) is 0.938. The lowest BCUT2D eigenvalue weighted by molar-refractivity contribution is 0.390. The van der Waals surface area contributed by atoms with Crippen molar-refractivity contribution >= 4 is 16.8 Å². The second kappa shape index (κ2) is 5.09. The molecule has 4 heteroatoms. The van der Waals surface area contributed by atoms with Gasteiger partial charge >= 0.3 is 0 Å². The van der Waals surface area contributed by atoms with Gasteiger partial charge < -0.3 is 14.6 Å². The van der Waals surface area contributed by atoms with Crippen molar-refractivity contribution < 1.29 is 4.42 Å². The van der Waals surface area contributed by atoms with Gasteiger partial charge in [0.1, 0.15) is 11.4 Å². The van der Waals surface area contributed by atoms with Crippen molar-refractivity contribution in [3.8, 4) is 0 Å². The standard InChI is InChI=1S/C16H21N3O/c1-2-12(10-18-13-3-4-13)11-19(8-1)16-14-6-9-20-15(14)5-7-17-16/h5-7,9,12-13,18H,1-4,8,10-11H2. The molecule has 1 saturated heterocycles. The van der Waals surface area contributed by atoms with Gasteiger partial charge in [0, 0.05) is 25.3 Å². The molecule has 0 aromatic carbocycles. The second-order valence-electron chi connectivity index (χ2n) is 6.10. The SMILES string of the molecule is c1cc2occc2c(N2CCCC(CNC3CC3)C2)n1. The number of fused-ring (bicyclic) bond motifs is 1. The van der Waals surface area contributed by atoms with Gasteiger partial charge in [-0.2, -0.15) is 0 Å². The smallest absolute Gasteiger partial charge is 0.139 e. The quantitative estimate of drug-likeness (QED) is 0.928. The number of pyridine rings is 1. The number of nitrogens with one attached hydrogen (secondary N) is 1. The highest BCUT2D eigenvalue weighted by molar-refractivity contribution is 5.88. The van der Waals surface area contributed by atoms with Gasteiger partial charge in [-0.25, -0.2) is 4.98 Å². The van der Waals surface area contributed by atoms with Gasteiger partial charge in [0.05, 0.1) is 11.6 Å². The first-order valence-corrected chi connectivity index (χ1v) is 7.71. The minimum atomic E-state index is 0.744. The number of aromatic nitrogens is 1. The maximum Gasteiger partial charge on any atom is 0.139 e. The molecule has 2 aromatic heterocycles. The molecule has 1 saturated carbocycles. The van der Waals surface area contributed by atoms with E-state index in [1.165, 1.54) is 25.7 Å². The van der Waals surface area contributed by atoms with Crippen molar-refractivity contribution in [2.45, 2.75) is 31.7 Å². The van der Waals surface area contributed by atoms with Crippen molar-refractivity contribution in [3.63, 3.8) is 0 Å². The Bertz CT molecular complexity index is 590. The minimum absolute atomic E-state index is 0.744. The van der Waals surface area contributed by atoms with Crippen molar-refractivity contribution in [1.29, 1.82) is 0 Å². The fourth-order valence-corrected chi connectivity index (χ4v) is 3.18. The first-order chi connectivity index (χ1) is 9.90. The van der Waals surface area contributed by atoms with E-state index in [1.54, 1.807) is 6.26 Å².